The van der Waals surface area contributed by atoms with E-state index in [1.165, 1.54) is 5.56 Å². The minimum atomic E-state index is 0.294. The molecule has 22 heavy (non-hydrogen) atoms. The van der Waals surface area contributed by atoms with E-state index in [4.69, 9.17) is 9.47 Å². The first-order valence-electron chi connectivity index (χ1n) is 7.19. The number of aromatic nitrogens is 3. The van der Waals surface area contributed by atoms with Crippen molar-refractivity contribution in [1.82, 2.24) is 15.2 Å². The van der Waals surface area contributed by atoms with Crippen molar-refractivity contribution in [3.63, 3.8) is 0 Å². The third-order valence-corrected chi connectivity index (χ3v) is 3.59. The first-order valence-corrected chi connectivity index (χ1v) is 7.19. The van der Waals surface area contributed by atoms with Crippen molar-refractivity contribution < 1.29 is 9.47 Å². The number of fused-ring (bicyclic) bond motifs is 1. The van der Waals surface area contributed by atoms with Crippen LogP contribution in [0.1, 0.15) is 22.8 Å². The summed E-state index contributed by atoms with van der Waals surface area (Å²) in [5, 5.41) is 7.30. The van der Waals surface area contributed by atoms with Gasteiger partial charge in [0.05, 0.1) is 0 Å². The molecule has 3 aromatic rings. The van der Waals surface area contributed by atoms with Gasteiger partial charge in [0.1, 0.15) is 5.82 Å². The van der Waals surface area contributed by atoms with Crippen LogP contribution in [0.3, 0.4) is 0 Å². The van der Waals surface area contributed by atoms with Gasteiger partial charge in [-0.15, -0.1) is 0 Å². The third-order valence-electron chi connectivity index (χ3n) is 3.59. The minimum Gasteiger partial charge on any atom is -0.454 e. The largest absolute Gasteiger partial charge is 0.454 e. The Morgan fingerprint density at radius 2 is 1.77 bits per heavy atom. The van der Waals surface area contributed by atoms with Gasteiger partial charge < -0.3 is 9.47 Å². The Kier molecular flexibility index (Phi) is 3.23. The number of benzene rings is 2. The van der Waals surface area contributed by atoms with Gasteiger partial charge in [-0.05, 0) is 23.3 Å². The zero-order chi connectivity index (χ0) is 14.8. The fourth-order valence-corrected chi connectivity index (χ4v) is 2.52. The van der Waals surface area contributed by atoms with Crippen molar-refractivity contribution in [2.24, 2.45) is 0 Å². The standard InChI is InChI=1S/C17H15N3O2/c1-2-4-12(5-3-1)9-16-18-17(20-19-16)10-13-6-7-14-15(8-13)22-11-21-14/h1-8H,9-11H2,(H,18,19,20). The highest BCUT2D eigenvalue weighted by Crippen LogP contribution is 2.32. The number of nitrogens with one attached hydrogen (secondary N) is 1. The number of hydrogen-bond donors (Lipinski definition) is 1. The molecular weight excluding hydrogens is 278 g/mol. The lowest BCUT2D eigenvalue weighted by atomic mass is 10.1. The second-order valence-corrected chi connectivity index (χ2v) is 5.23. The van der Waals surface area contributed by atoms with Gasteiger partial charge in [-0.25, -0.2) is 4.98 Å². The molecule has 110 valence electrons. The average molecular weight is 293 g/mol. The molecule has 0 amide bonds. The highest BCUT2D eigenvalue weighted by atomic mass is 16.7. The van der Waals surface area contributed by atoms with Gasteiger partial charge in [0.2, 0.25) is 6.79 Å². The first kappa shape index (κ1) is 12.9. The van der Waals surface area contributed by atoms with Crippen LogP contribution in [0.5, 0.6) is 11.5 Å². The van der Waals surface area contributed by atoms with Crippen LogP contribution in [0, 0.1) is 0 Å². The zero-order valence-electron chi connectivity index (χ0n) is 12.0. The monoisotopic (exact) mass is 293 g/mol. The van der Waals surface area contributed by atoms with Crippen molar-refractivity contribution in [3.05, 3.63) is 71.3 Å². The van der Waals surface area contributed by atoms with E-state index in [0.29, 0.717) is 13.2 Å². The van der Waals surface area contributed by atoms with Crippen LogP contribution in [0.25, 0.3) is 0 Å². The first-order chi connectivity index (χ1) is 10.9. The Morgan fingerprint density at radius 3 is 2.68 bits per heavy atom. The molecule has 2 aromatic carbocycles. The van der Waals surface area contributed by atoms with Crippen molar-refractivity contribution in [2.45, 2.75) is 12.8 Å². The minimum absolute atomic E-state index is 0.294. The molecule has 0 saturated carbocycles. The molecule has 2 heterocycles. The average Bonchev–Trinajstić information content (AvgIpc) is 3.17. The molecule has 5 nitrogen and oxygen atoms in total. The van der Waals surface area contributed by atoms with Crippen LogP contribution in [-0.2, 0) is 12.8 Å². The topological polar surface area (TPSA) is 60.0 Å². The molecule has 0 fully saturated rings. The lowest BCUT2D eigenvalue weighted by Gasteiger charge is -2.00. The summed E-state index contributed by atoms with van der Waals surface area (Å²) in [4.78, 5) is 4.56. The molecule has 0 aliphatic carbocycles. The third kappa shape index (κ3) is 2.65. The summed E-state index contributed by atoms with van der Waals surface area (Å²) >= 11 is 0. The van der Waals surface area contributed by atoms with Crippen LogP contribution in [0.4, 0.5) is 0 Å². The lowest BCUT2D eigenvalue weighted by Crippen LogP contribution is -1.93. The number of hydrogen-bond acceptors (Lipinski definition) is 4. The maximum absolute atomic E-state index is 5.39. The fraction of sp³-hybridized carbons (Fsp3) is 0.176. The van der Waals surface area contributed by atoms with Crippen LogP contribution in [-0.4, -0.2) is 22.0 Å². The Labute approximate surface area is 127 Å². The fourth-order valence-electron chi connectivity index (χ4n) is 2.52. The van der Waals surface area contributed by atoms with E-state index in [2.05, 4.69) is 27.3 Å². The molecule has 0 bridgehead atoms. The van der Waals surface area contributed by atoms with E-state index in [1.54, 1.807) is 0 Å². The van der Waals surface area contributed by atoms with Gasteiger partial charge in [0, 0.05) is 12.8 Å². The molecular formula is C17H15N3O2. The molecule has 1 N–H and O–H groups in total. The van der Waals surface area contributed by atoms with Gasteiger partial charge in [0.25, 0.3) is 0 Å². The number of ether oxygens (including phenoxy) is 2. The summed E-state index contributed by atoms with van der Waals surface area (Å²) in [7, 11) is 0. The van der Waals surface area contributed by atoms with E-state index in [1.807, 2.05) is 36.4 Å². The van der Waals surface area contributed by atoms with Crippen molar-refractivity contribution in [3.8, 4) is 11.5 Å². The second kappa shape index (κ2) is 5.52. The smallest absolute Gasteiger partial charge is 0.231 e. The molecule has 1 aliphatic heterocycles. The van der Waals surface area contributed by atoms with E-state index in [9.17, 15) is 0 Å². The molecule has 0 spiro atoms. The summed E-state index contributed by atoms with van der Waals surface area (Å²) in [6.07, 6.45) is 1.43. The van der Waals surface area contributed by atoms with Gasteiger partial charge in [0.15, 0.2) is 17.3 Å². The Bertz CT molecular complexity index is 784. The molecule has 0 atom stereocenters. The summed E-state index contributed by atoms with van der Waals surface area (Å²) in [6.45, 7) is 0.294. The van der Waals surface area contributed by atoms with Crippen LogP contribution < -0.4 is 9.47 Å². The van der Waals surface area contributed by atoms with Crippen molar-refractivity contribution >= 4 is 0 Å². The molecule has 0 unspecified atom stereocenters. The highest BCUT2D eigenvalue weighted by molar-refractivity contribution is 5.45. The maximum Gasteiger partial charge on any atom is 0.231 e. The van der Waals surface area contributed by atoms with Crippen molar-refractivity contribution in [1.29, 1.82) is 0 Å². The number of rotatable bonds is 4. The molecule has 5 heteroatoms. The van der Waals surface area contributed by atoms with Gasteiger partial charge in [-0.3, -0.25) is 5.10 Å². The second-order valence-electron chi connectivity index (χ2n) is 5.23. The zero-order valence-corrected chi connectivity index (χ0v) is 12.0. The SMILES string of the molecule is c1ccc(Cc2n[nH]c(Cc3ccc4c(c3)OCO4)n2)cc1. The quantitative estimate of drug-likeness (QED) is 0.803. The molecule has 0 saturated heterocycles. The van der Waals surface area contributed by atoms with Gasteiger partial charge in [-0.1, -0.05) is 36.4 Å². The number of H-pyrrole nitrogens is 1. The maximum atomic E-state index is 5.39. The molecule has 1 aliphatic rings. The van der Waals surface area contributed by atoms with Gasteiger partial charge >= 0.3 is 0 Å². The molecule has 4 rings (SSSR count). The molecule has 0 radical (unpaired) electrons. The van der Waals surface area contributed by atoms with E-state index in [-0.39, 0.29) is 0 Å². The van der Waals surface area contributed by atoms with Crippen molar-refractivity contribution in [2.75, 3.05) is 6.79 Å². The summed E-state index contributed by atoms with van der Waals surface area (Å²) < 4.78 is 10.7. The predicted molar refractivity (Wildman–Crippen MR) is 81.0 cm³/mol. The predicted octanol–water partition coefficient (Wildman–Crippen LogP) is 2.72. The van der Waals surface area contributed by atoms with Gasteiger partial charge in [-0.2, -0.15) is 5.10 Å². The highest BCUT2D eigenvalue weighted by Gasteiger charge is 2.14. The number of nitrogens with zero attached hydrogens (tertiary/aromatic N) is 2. The molecule has 1 aromatic heterocycles. The lowest BCUT2D eigenvalue weighted by molar-refractivity contribution is 0.174. The summed E-state index contributed by atoms with van der Waals surface area (Å²) in [5.74, 6) is 3.25. The van der Waals surface area contributed by atoms with E-state index >= 15 is 0 Å². The Balaban J connectivity index is 1.48. The normalized spacial score (nSPS) is 12.5. The van der Waals surface area contributed by atoms with E-state index < -0.39 is 0 Å². The van der Waals surface area contributed by atoms with Crippen LogP contribution in [0.2, 0.25) is 0 Å². The number of aromatic amines is 1. The van der Waals surface area contributed by atoms with E-state index in [0.717, 1.165) is 35.1 Å². The van der Waals surface area contributed by atoms with Crippen LogP contribution in [0.15, 0.2) is 48.5 Å². The summed E-state index contributed by atoms with van der Waals surface area (Å²) in [6, 6.07) is 16.1. The van der Waals surface area contributed by atoms with Crippen LogP contribution >= 0.6 is 0 Å². The summed E-state index contributed by atoms with van der Waals surface area (Å²) in [5.41, 5.74) is 2.32. The Morgan fingerprint density at radius 1 is 0.909 bits per heavy atom. The Hall–Kier alpha value is -2.82.